The molecule has 0 spiro atoms. The van der Waals surface area contributed by atoms with E-state index < -0.39 is 11.8 Å². The summed E-state index contributed by atoms with van der Waals surface area (Å²) < 4.78 is 1.78. The number of carbonyl (C=O) groups excluding carboxylic acids is 2. The van der Waals surface area contributed by atoms with E-state index in [1.165, 1.54) is 18.8 Å². The van der Waals surface area contributed by atoms with Crippen molar-refractivity contribution in [2.45, 2.75) is 64.8 Å². The van der Waals surface area contributed by atoms with Crippen LogP contribution in [0.4, 0.5) is 0 Å². The molecular weight excluding hydrogens is 368 g/mol. The molecule has 2 heterocycles. The first-order chi connectivity index (χ1) is 14.1. The normalized spacial score (nSPS) is 13.7. The smallest absolute Gasteiger partial charge is 0.275 e. The third kappa shape index (κ3) is 5.10. The molecule has 7 heteroatoms. The van der Waals surface area contributed by atoms with Gasteiger partial charge in [-0.1, -0.05) is 26.2 Å². The number of aryl methyl sites for hydroxylation is 1. The molecule has 7 nitrogen and oxygen atoms in total. The van der Waals surface area contributed by atoms with Crippen molar-refractivity contribution in [2.24, 2.45) is 0 Å². The predicted octanol–water partition coefficient (Wildman–Crippen LogP) is 2.78. The van der Waals surface area contributed by atoms with Crippen LogP contribution in [0.2, 0.25) is 0 Å². The number of unbranched alkanes of at least 4 members (excludes halogenated alkanes) is 1. The Kier molecular flexibility index (Phi) is 7.16. The second-order valence-corrected chi connectivity index (χ2v) is 7.40. The predicted molar refractivity (Wildman–Crippen MR) is 111 cm³/mol. The molecule has 2 amide bonds. The van der Waals surface area contributed by atoms with Gasteiger partial charge < -0.3 is 4.57 Å². The van der Waals surface area contributed by atoms with Crippen molar-refractivity contribution in [1.82, 2.24) is 20.4 Å². The van der Waals surface area contributed by atoms with E-state index in [1.807, 2.05) is 0 Å². The number of nitrogens with one attached hydrogen (secondary N) is 2. The number of nitrogens with zero attached hydrogens (tertiary/aromatic N) is 2. The molecule has 2 N–H and O–H groups in total. The average Bonchev–Trinajstić information content (AvgIpc) is 2.72. The summed E-state index contributed by atoms with van der Waals surface area (Å²) in [6.45, 7) is 2.70. The summed E-state index contributed by atoms with van der Waals surface area (Å²) in [5, 5.41) is 0. The van der Waals surface area contributed by atoms with Gasteiger partial charge >= 0.3 is 0 Å². The summed E-state index contributed by atoms with van der Waals surface area (Å²) in [6.07, 6.45) is 11.0. The SMILES string of the molecule is CCCCn1c2c(cc(C(=O)NNC(=O)c3ccncc3)c1=O)CCCCCC2. The molecule has 0 aliphatic heterocycles. The Morgan fingerprint density at radius 1 is 1.03 bits per heavy atom. The van der Waals surface area contributed by atoms with Crippen LogP contribution in [0, 0.1) is 0 Å². The van der Waals surface area contributed by atoms with Gasteiger partial charge in [-0.2, -0.15) is 0 Å². The van der Waals surface area contributed by atoms with E-state index in [9.17, 15) is 14.4 Å². The fraction of sp³-hybridized carbons (Fsp3) is 0.455. The first-order valence-electron chi connectivity index (χ1n) is 10.4. The summed E-state index contributed by atoms with van der Waals surface area (Å²) in [5.74, 6) is -1.05. The highest BCUT2D eigenvalue weighted by atomic mass is 16.2. The molecule has 3 rings (SSSR count). The van der Waals surface area contributed by atoms with Crippen LogP contribution in [-0.4, -0.2) is 21.4 Å². The van der Waals surface area contributed by atoms with Gasteiger partial charge in [-0.15, -0.1) is 0 Å². The van der Waals surface area contributed by atoms with Crippen LogP contribution in [0.1, 0.15) is 77.4 Å². The highest BCUT2D eigenvalue weighted by Gasteiger charge is 2.20. The van der Waals surface area contributed by atoms with E-state index in [4.69, 9.17) is 0 Å². The number of hydrazine groups is 1. The number of hydrogen-bond acceptors (Lipinski definition) is 4. The largest absolute Gasteiger partial charge is 0.312 e. The van der Waals surface area contributed by atoms with Gasteiger partial charge in [0.05, 0.1) is 0 Å². The van der Waals surface area contributed by atoms with Crippen molar-refractivity contribution in [3.05, 3.63) is 63.3 Å². The van der Waals surface area contributed by atoms with Crippen molar-refractivity contribution >= 4 is 11.8 Å². The Labute approximate surface area is 170 Å². The summed E-state index contributed by atoms with van der Waals surface area (Å²) in [6, 6.07) is 4.81. The molecule has 0 radical (unpaired) electrons. The molecule has 1 aliphatic carbocycles. The van der Waals surface area contributed by atoms with Gasteiger partial charge in [0, 0.05) is 30.2 Å². The van der Waals surface area contributed by atoms with Crippen LogP contribution >= 0.6 is 0 Å². The Morgan fingerprint density at radius 2 is 1.72 bits per heavy atom. The van der Waals surface area contributed by atoms with Crippen molar-refractivity contribution < 1.29 is 9.59 Å². The average molecular weight is 396 g/mol. The number of aromatic nitrogens is 2. The van der Waals surface area contributed by atoms with Gasteiger partial charge in [0.15, 0.2) is 0 Å². The zero-order valence-electron chi connectivity index (χ0n) is 16.9. The second-order valence-electron chi connectivity index (χ2n) is 7.40. The molecule has 0 aromatic carbocycles. The molecule has 0 fully saturated rings. The number of fused-ring (bicyclic) bond motifs is 1. The van der Waals surface area contributed by atoms with Crippen LogP contribution in [0.3, 0.4) is 0 Å². The zero-order chi connectivity index (χ0) is 20.6. The van der Waals surface area contributed by atoms with Crippen molar-refractivity contribution in [2.75, 3.05) is 0 Å². The second kappa shape index (κ2) is 10.0. The molecule has 0 bridgehead atoms. The minimum absolute atomic E-state index is 0.0791. The lowest BCUT2D eigenvalue weighted by Gasteiger charge is -2.21. The molecule has 2 aromatic rings. The van der Waals surface area contributed by atoms with Crippen LogP contribution in [0.15, 0.2) is 35.4 Å². The van der Waals surface area contributed by atoms with Gasteiger partial charge in [0.25, 0.3) is 17.4 Å². The summed E-state index contributed by atoms with van der Waals surface area (Å²) in [7, 11) is 0. The first kappa shape index (κ1) is 20.8. The number of rotatable bonds is 5. The number of carbonyl (C=O) groups is 2. The zero-order valence-corrected chi connectivity index (χ0v) is 16.9. The Bertz CT molecular complexity index is 922. The van der Waals surface area contributed by atoms with Crippen molar-refractivity contribution in [1.29, 1.82) is 0 Å². The van der Waals surface area contributed by atoms with Crippen LogP contribution in [0.25, 0.3) is 0 Å². The van der Waals surface area contributed by atoms with E-state index >= 15 is 0 Å². The van der Waals surface area contributed by atoms with Gasteiger partial charge in [0.1, 0.15) is 5.56 Å². The standard InChI is InChI=1S/C22H28N4O3/c1-2-3-14-26-19-9-7-5-4-6-8-17(19)15-18(22(26)29)21(28)25-24-20(27)16-10-12-23-13-11-16/h10-13,15H,2-9,14H2,1H3,(H,24,27)(H,25,28). The molecule has 0 saturated carbocycles. The third-order valence-electron chi connectivity index (χ3n) is 5.31. The molecular formula is C22H28N4O3. The summed E-state index contributed by atoms with van der Waals surface area (Å²) >= 11 is 0. The monoisotopic (exact) mass is 396 g/mol. The van der Waals surface area contributed by atoms with Crippen LogP contribution < -0.4 is 16.4 Å². The Hall–Kier alpha value is -2.96. The lowest BCUT2D eigenvalue weighted by Crippen LogP contribution is -2.44. The van der Waals surface area contributed by atoms with Gasteiger partial charge in [-0.25, -0.2) is 0 Å². The summed E-state index contributed by atoms with van der Waals surface area (Å²) in [5.41, 5.74) is 7.07. The van der Waals surface area contributed by atoms with E-state index in [0.29, 0.717) is 12.1 Å². The summed E-state index contributed by atoms with van der Waals surface area (Å²) in [4.78, 5) is 41.8. The van der Waals surface area contributed by atoms with Crippen molar-refractivity contribution in [3.63, 3.8) is 0 Å². The number of pyridine rings is 2. The molecule has 0 saturated heterocycles. The Morgan fingerprint density at radius 3 is 2.45 bits per heavy atom. The topological polar surface area (TPSA) is 93.1 Å². The van der Waals surface area contributed by atoms with E-state index in [0.717, 1.165) is 56.2 Å². The third-order valence-corrected chi connectivity index (χ3v) is 5.31. The van der Waals surface area contributed by atoms with E-state index in [1.54, 1.807) is 22.8 Å². The molecule has 0 atom stereocenters. The maximum absolute atomic E-state index is 13.1. The van der Waals surface area contributed by atoms with E-state index in [-0.39, 0.29) is 11.1 Å². The molecule has 29 heavy (non-hydrogen) atoms. The van der Waals surface area contributed by atoms with Gasteiger partial charge in [-0.05, 0) is 55.9 Å². The maximum atomic E-state index is 13.1. The molecule has 154 valence electrons. The van der Waals surface area contributed by atoms with Crippen molar-refractivity contribution in [3.8, 4) is 0 Å². The Balaban J connectivity index is 1.85. The first-order valence-corrected chi connectivity index (χ1v) is 10.4. The fourth-order valence-corrected chi connectivity index (χ4v) is 3.71. The molecule has 2 aromatic heterocycles. The lowest BCUT2D eigenvalue weighted by molar-refractivity contribution is 0.0845. The van der Waals surface area contributed by atoms with Gasteiger partial charge in [-0.3, -0.25) is 30.2 Å². The highest BCUT2D eigenvalue weighted by molar-refractivity contribution is 5.98. The van der Waals surface area contributed by atoms with Crippen LogP contribution in [-0.2, 0) is 19.4 Å². The minimum atomic E-state index is -0.590. The van der Waals surface area contributed by atoms with Crippen LogP contribution in [0.5, 0.6) is 0 Å². The van der Waals surface area contributed by atoms with Gasteiger partial charge in [0.2, 0.25) is 0 Å². The molecule has 0 unspecified atom stereocenters. The minimum Gasteiger partial charge on any atom is -0.312 e. The molecule has 1 aliphatic rings. The number of amides is 2. The maximum Gasteiger partial charge on any atom is 0.275 e. The fourth-order valence-electron chi connectivity index (χ4n) is 3.71. The highest BCUT2D eigenvalue weighted by Crippen LogP contribution is 2.20. The van der Waals surface area contributed by atoms with E-state index in [2.05, 4.69) is 22.8 Å². The number of hydrogen-bond donors (Lipinski definition) is 2. The lowest BCUT2D eigenvalue weighted by atomic mass is 9.95. The quantitative estimate of drug-likeness (QED) is 0.760.